The van der Waals surface area contributed by atoms with Crippen molar-refractivity contribution in [3.05, 3.63) is 63.3 Å². The van der Waals surface area contributed by atoms with E-state index in [1.807, 2.05) is 0 Å². The Kier molecular flexibility index (Phi) is 4.01. The molecule has 0 fully saturated rings. The first kappa shape index (κ1) is 16.8. The molecule has 0 saturated carbocycles. The van der Waals surface area contributed by atoms with Crippen LogP contribution in [0.4, 0.5) is 0 Å². The molecule has 8 heteroatoms. The normalized spacial score (nSPS) is 16.0. The lowest BCUT2D eigenvalue weighted by Gasteiger charge is -2.15. The molecule has 0 saturated heterocycles. The largest absolute Gasteiger partial charge is 0.502 e. The molecule has 2 heterocycles. The molecule has 2 aromatic rings. The zero-order chi connectivity index (χ0) is 18.4. The fraction of sp³-hybridized carbons (Fsp3) is 0.111. The molecular formula is C18H11Cl2NO5. The number of fused-ring (bicyclic) bond motifs is 1. The highest BCUT2D eigenvalue weighted by atomic mass is 35.5. The van der Waals surface area contributed by atoms with Crippen LogP contribution in [-0.2, 0) is 16.1 Å². The summed E-state index contributed by atoms with van der Waals surface area (Å²) >= 11 is 12.0. The van der Waals surface area contributed by atoms with E-state index in [4.69, 9.17) is 32.7 Å². The first-order chi connectivity index (χ1) is 12.5. The fourth-order valence-corrected chi connectivity index (χ4v) is 3.37. The second kappa shape index (κ2) is 6.23. The first-order valence-corrected chi connectivity index (χ1v) is 8.34. The number of aliphatic hydroxyl groups is 1. The molecule has 2 amide bonds. The monoisotopic (exact) mass is 391 g/mol. The summed E-state index contributed by atoms with van der Waals surface area (Å²) in [6.45, 7) is 0.106. The van der Waals surface area contributed by atoms with Gasteiger partial charge in [-0.05, 0) is 29.8 Å². The molecule has 132 valence electrons. The van der Waals surface area contributed by atoms with Crippen LogP contribution in [-0.4, -0.2) is 28.6 Å². The Morgan fingerprint density at radius 1 is 1.00 bits per heavy atom. The van der Waals surface area contributed by atoms with Crippen molar-refractivity contribution in [2.75, 3.05) is 6.79 Å². The Labute approximate surface area is 158 Å². The van der Waals surface area contributed by atoms with Crippen molar-refractivity contribution in [2.24, 2.45) is 0 Å². The van der Waals surface area contributed by atoms with Crippen LogP contribution < -0.4 is 9.47 Å². The standard InChI is InChI=1S/C18H11Cl2NO5/c19-10-2-3-11(12(20)6-10)15-16(22)18(24)21(17(15)23)7-9-1-4-13-14(5-9)26-8-25-13/h1-6,22H,7-8H2. The molecule has 4 rings (SSSR count). The van der Waals surface area contributed by atoms with Gasteiger partial charge >= 0.3 is 0 Å². The number of hydrogen-bond donors (Lipinski definition) is 1. The summed E-state index contributed by atoms with van der Waals surface area (Å²) in [5, 5.41) is 10.8. The molecule has 0 bridgehead atoms. The Bertz CT molecular complexity index is 986. The Hall–Kier alpha value is -2.70. The van der Waals surface area contributed by atoms with Crippen LogP contribution in [0.25, 0.3) is 5.57 Å². The molecule has 0 atom stereocenters. The molecule has 0 aliphatic carbocycles. The SMILES string of the molecule is O=C1C(O)=C(c2ccc(Cl)cc2Cl)C(=O)N1Cc1ccc2c(c1)OCO2. The summed E-state index contributed by atoms with van der Waals surface area (Å²) in [5.74, 6) is -0.912. The number of amides is 2. The van der Waals surface area contributed by atoms with E-state index < -0.39 is 17.6 Å². The number of aliphatic hydroxyl groups excluding tert-OH is 1. The van der Waals surface area contributed by atoms with Gasteiger partial charge in [0.15, 0.2) is 17.3 Å². The van der Waals surface area contributed by atoms with Gasteiger partial charge in [-0.1, -0.05) is 35.3 Å². The highest BCUT2D eigenvalue weighted by molar-refractivity contribution is 6.40. The van der Waals surface area contributed by atoms with E-state index >= 15 is 0 Å². The zero-order valence-corrected chi connectivity index (χ0v) is 14.7. The lowest BCUT2D eigenvalue weighted by atomic mass is 10.1. The number of benzene rings is 2. The highest BCUT2D eigenvalue weighted by Crippen LogP contribution is 2.36. The lowest BCUT2D eigenvalue weighted by molar-refractivity contribution is -0.138. The van der Waals surface area contributed by atoms with Gasteiger partial charge in [0.2, 0.25) is 6.79 Å². The van der Waals surface area contributed by atoms with Crippen LogP contribution in [0.3, 0.4) is 0 Å². The zero-order valence-electron chi connectivity index (χ0n) is 13.2. The van der Waals surface area contributed by atoms with E-state index in [0.29, 0.717) is 22.1 Å². The van der Waals surface area contributed by atoms with E-state index in [0.717, 1.165) is 4.90 Å². The van der Waals surface area contributed by atoms with E-state index in [1.165, 1.54) is 18.2 Å². The Morgan fingerprint density at radius 2 is 1.77 bits per heavy atom. The molecule has 0 spiro atoms. The van der Waals surface area contributed by atoms with Gasteiger partial charge in [0.25, 0.3) is 11.8 Å². The molecule has 0 radical (unpaired) electrons. The minimum atomic E-state index is -0.784. The van der Waals surface area contributed by atoms with Crippen molar-refractivity contribution in [3.63, 3.8) is 0 Å². The highest BCUT2D eigenvalue weighted by Gasteiger charge is 2.40. The van der Waals surface area contributed by atoms with Gasteiger partial charge < -0.3 is 14.6 Å². The van der Waals surface area contributed by atoms with Gasteiger partial charge in [-0.2, -0.15) is 0 Å². The number of nitrogens with zero attached hydrogens (tertiary/aromatic N) is 1. The van der Waals surface area contributed by atoms with Gasteiger partial charge in [0.05, 0.1) is 17.1 Å². The lowest BCUT2D eigenvalue weighted by Crippen LogP contribution is -2.31. The minimum Gasteiger partial charge on any atom is -0.502 e. The number of halogens is 2. The molecule has 0 unspecified atom stereocenters. The second-order valence-corrected chi connectivity index (χ2v) is 6.58. The van der Waals surface area contributed by atoms with Crippen molar-refractivity contribution in [2.45, 2.75) is 6.54 Å². The number of carbonyl (C=O) groups is 2. The smallest absolute Gasteiger partial charge is 0.296 e. The summed E-state index contributed by atoms with van der Waals surface area (Å²) in [5.41, 5.74) is 0.768. The Balaban J connectivity index is 1.64. The fourth-order valence-electron chi connectivity index (χ4n) is 2.86. The maximum atomic E-state index is 12.7. The summed E-state index contributed by atoms with van der Waals surface area (Å²) in [6, 6.07) is 9.57. The van der Waals surface area contributed by atoms with Gasteiger partial charge in [0, 0.05) is 10.6 Å². The number of carbonyl (C=O) groups excluding carboxylic acids is 2. The van der Waals surface area contributed by atoms with Crippen molar-refractivity contribution in [3.8, 4) is 11.5 Å². The third kappa shape index (κ3) is 2.67. The van der Waals surface area contributed by atoms with Crippen LogP contribution in [0.2, 0.25) is 10.0 Å². The number of hydrogen-bond acceptors (Lipinski definition) is 5. The third-order valence-corrected chi connectivity index (χ3v) is 4.67. The molecular weight excluding hydrogens is 381 g/mol. The summed E-state index contributed by atoms with van der Waals surface area (Å²) in [6.07, 6.45) is 0. The number of rotatable bonds is 3. The molecule has 2 aliphatic rings. The molecule has 0 aromatic heterocycles. The van der Waals surface area contributed by atoms with Crippen LogP contribution in [0, 0.1) is 0 Å². The predicted molar refractivity (Wildman–Crippen MR) is 94.1 cm³/mol. The number of ether oxygens (including phenoxy) is 2. The average Bonchev–Trinajstić information content (AvgIpc) is 3.15. The van der Waals surface area contributed by atoms with E-state index in [9.17, 15) is 14.7 Å². The topological polar surface area (TPSA) is 76.1 Å². The minimum absolute atomic E-state index is 0.0208. The van der Waals surface area contributed by atoms with Gasteiger partial charge in [-0.15, -0.1) is 0 Å². The summed E-state index contributed by atoms with van der Waals surface area (Å²) in [7, 11) is 0. The maximum Gasteiger partial charge on any atom is 0.296 e. The molecule has 2 aromatic carbocycles. The summed E-state index contributed by atoms with van der Waals surface area (Å²) < 4.78 is 10.5. The van der Waals surface area contributed by atoms with Crippen LogP contribution in [0.15, 0.2) is 42.2 Å². The Morgan fingerprint density at radius 3 is 2.54 bits per heavy atom. The van der Waals surface area contributed by atoms with Gasteiger partial charge in [-0.3, -0.25) is 14.5 Å². The van der Waals surface area contributed by atoms with Crippen LogP contribution >= 0.6 is 23.2 Å². The van der Waals surface area contributed by atoms with Crippen molar-refractivity contribution < 1.29 is 24.2 Å². The van der Waals surface area contributed by atoms with Crippen molar-refractivity contribution >= 4 is 40.6 Å². The first-order valence-electron chi connectivity index (χ1n) is 7.59. The molecule has 6 nitrogen and oxygen atoms in total. The van der Waals surface area contributed by atoms with Crippen molar-refractivity contribution in [1.82, 2.24) is 4.90 Å². The second-order valence-electron chi connectivity index (χ2n) is 5.73. The molecule has 26 heavy (non-hydrogen) atoms. The summed E-state index contributed by atoms with van der Waals surface area (Å²) in [4.78, 5) is 26.1. The molecule has 1 N–H and O–H groups in total. The molecule has 2 aliphatic heterocycles. The maximum absolute atomic E-state index is 12.7. The quantitative estimate of drug-likeness (QED) is 0.809. The third-order valence-electron chi connectivity index (χ3n) is 4.12. The van der Waals surface area contributed by atoms with E-state index in [2.05, 4.69) is 0 Å². The predicted octanol–water partition coefficient (Wildman–Crippen LogP) is 3.56. The van der Waals surface area contributed by atoms with Crippen LogP contribution in [0.1, 0.15) is 11.1 Å². The van der Waals surface area contributed by atoms with Crippen molar-refractivity contribution in [1.29, 1.82) is 0 Å². The van der Waals surface area contributed by atoms with Gasteiger partial charge in [-0.25, -0.2) is 0 Å². The number of imide groups is 1. The van der Waals surface area contributed by atoms with E-state index in [1.54, 1.807) is 18.2 Å². The average molecular weight is 392 g/mol. The van der Waals surface area contributed by atoms with Gasteiger partial charge in [0.1, 0.15) is 0 Å². The van der Waals surface area contributed by atoms with Crippen LogP contribution in [0.5, 0.6) is 11.5 Å². The van der Waals surface area contributed by atoms with E-state index in [-0.39, 0.29) is 29.5 Å².